The smallest absolute Gasteiger partial charge is 0.204 e. The first kappa shape index (κ1) is 42.9. The van der Waals surface area contributed by atoms with E-state index in [1.165, 1.54) is 12.1 Å². The molecule has 0 aliphatic carbocycles. The highest BCUT2D eigenvalue weighted by Gasteiger charge is 2.25. The molecule has 0 radical (unpaired) electrons. The second-order valence-corrected chi connectivity index (χ2v) is 16.0. The van der Waals surface area contributed by atoms with Crippen molar-refractivity contribution < 1.29 is 25.2 Å². The average molecular weight is 860 g/mol. The summed E-state index contributed by atoms with van der Waals surface area (Å²) in [6.07, 6.45) is 5.86. The second kappa shape index (κ2) is 17.4. The van der Waals surface area contributed by atoms with Gasteiger partial charge in [0.15, 0.2) is 10.9 Å². The molecule has 0 aliphatic heterocycles. The van der Waals surface area contributed by atoms with Crippen molar-refractivity contribution in [3.8, 4) is 45.8 Å². The Morgan fingerprint density at radius 3 is 2.25 bits per heavy atom. The van der Waals surface area contributed by atoms with Gasteiger partial charge in [-0.15, -0.1) is 5.10 Å². The Bertz CT molecular complexity index is 2900. The highest BCUT2D eigenvalue weighted by atomic mass is 32.1. The minimum atomic E-state index is -0.118. The van der Waals surface area contributed by atoms with Crippen molar-refractivity contribution in [3.05, 3.63) is 106 Å². The van der Waals surface area contributed by atoms with Crippen molar-refractivity contribution in [2.24, 2.45) is 0 Å². The fraction of sp³-hybridized carbons (Fsp3) is 0.298. The zero-order valence-corrected chi connectivity index (χ0v) is 37.4. The molecular weight excluding hydrogens is 807 g/mol. The SMILES string of the molecule is CCC=C(c1cc(CC)c(O)cc1O)N(C(=S)NC)c1ccc2c(c1)cc(C)n2Cn1nc(-c2cc(CC)c(O)cc2O)n(-c2ccc(OCC)c3c2ccn3C(C)C)c1=S. The molecular formula is C47H53N7O5S2. The van der Waals surface area contributed by atoms with E-state index in [2.05, 4.69) is 46.5 Å². The summed E-state index contributed by atoms with van der Waals surface area (Å²) < 4.78 is 14.5. The van der Waals surface area contributed by atoms with Gasteiger partial charge in [-0.1, -0.05) is 26.8 Å². The van der Waals surface area contributed by atoms with Gasteiger partial charge in [0.2, 0.25) is 4.77 Å². The Morgan fingerprint density at radius 1 is 0.885 bits per heavy atom. The van der Waals surface area contributed by atoms with E-state index in [9.17, 15) is 20.4 Å². The molecule has 7 rings (SSSR count). The van der Waals surface area contributed by atoms with Crippen LogP contribution in [0.5, 0.6) is 28.7 Å². The third kappa shape index (κ3) is 7.70. The van der Waals surface area contributed by atoms with E-state index in [1.54, 1.807) is 17.8 Å². The predicted octanol–water partition coefficient (Wildman–Crippen LogP) is 10.5. The number of nitrogens with one attached hydrogen (secondary N) is 1. The number of phenolic OH excluding ortho intramolecular Hbond substituents is 4. The Labute approximate surface area is 366 Å². The molecule has 3 heterocycles. The summed E-state index contributed by atoms with van der Waals surface area (Å²) >= 11 is 12.2. The lowest BCUT2D eigenvalue weighted by Crippen LogP contribution is -2.36. The Morgan fingerprint density at radius 2 is 1.59 bits per heavy atom. The molecule has 0 amide bonds. The van der Waals surface area contributed by atoms with Crippen LogP contribution in [-0.4, -0.2) is 62.7 Å². The summed E-state index contributed by atoms with van der Waals surface area (Å²) in [5.74, 6) is 1.07. The van der Waals surface area contributed by atoms with Gasteiger partial charge >= 0.3 is 0 Å². The highest BCUT2D eigenvalue weighted by Crippen LogP contribution is 2.41. The summed E-state index contributed by atoms with van der Waals surface area (Å²) in [5, 5.41) is 54.2. The molecule has 0 bridgehead atoms. The molecule has 61 heavy (non-hydrogen) atoms. The van der Waals surface area contributed by atoms with Crippen LogP contribution in [0.15, 0.2) is 79.0 Å². The Balaban J connectivity index is 1.39. The van der Waals surface area contributed by atoms with E-state index in [0.29, 0.717) is 69.5 Å². The summed E-state index contributed by atoms with van der Waals surface area (Å²) in [6, 6.07) is 20.7. The molecule has 0 spiro atoms. The minimum Gasteiger partial charge on any atom is -0.508 e. The third-order valence-corrected chi connectivity index (χ3v) is 11.9. The maximum Gasteiger partial charge on any atom is 0.204 e. The Hall–Kier alpha value is -6.25. The molecule has 3 aromatic heterocycles. The highest BCUT2D eigenvalue weighted by molar-refractivity contribution is 7.80. The normalized spacial score (nSPS) is 11.9. The quantitative estimate of drug-likeness (QED) is 0.0713. The molecule has 12 nitrogen and oxygen atoms in total. The standard InChI is InChI=1S/C47H53N7O5S2/c1-9-13-37(34-22-29(10-2)39(55)24-41(34)57)53(46(60)48-8)32-14-15-36-31(21-32)20-28(7)51(36)26-52-47(61)54(45(49-52)35-23-30(11-3)40(56)25-42(35)58)38-16-17-43(59-12-4)44-33(38)18-19-50(44)27(5)6/h13-25,27,55-58H,9-12,26H2,1-8H3,(H,48,60). The first-order chi connectivity index (χ1) is 29.3. The number of aromatic hydroxyl groups is 4. The van der Waals surface area contributed by atoms with Crippen molar-refractivity contribution in [1.82, 2.24) is 28.8 Å². The molecule has 318 valence electrons. The topological polar surface area (TPSA) is 138 Å². The van der Waals surface area contributed by atoms with Gasteiger partial charge < -0.3 is 39.6 Å². The summed E-state index contributed by atoms with van der Waals surface area (Å²) in [5.41, 5.74) is 7.42. The van der Waals surface area contributed by atoms with E-state index in [1.807, 2.05) is 86.7 Å². The van der Waals surface area contributed by atoms with Gasteiger partial charge in [0.1, 0.15) is 35.4 Å². The van der Waals surface area contributed by atoms with Crippen LogP contribution in [-0.2, 0) is 19.5 Å². The van der Waals surface area contributed by atoms with E-state index in [0.717, 1.165) is 44.6 Å². The van der Waals surface area contributed by atoms with E-state index >= 15 is 0 Å². The van der Waals surface area contributed by atoms with Gasteiger partial charge in [-0.05, 0) is 137 Å². The van der Waals surface area contributed by atoms with Crippen LogP contribution in [0.1, 0.15) is 76.4 Å². The molecule has 7 aromatic rings. The number of phenols is 4. The van der Waals surface area contributed by atoms with Crippen LogP contribution in [0.25, 0.3) is 44.6 Å². The number of nitrogens with zero attached hydrogens (tertiary/aromatic N) is 6. The van der Waals surface area contributed by atoms with Crippen LogP contribution in [0.2, 0.25) is 0 Å². The third-order valence-electron chi connectivity index (χ3n) is 11.1. The van der Waals surface area contributed by atoms with Crippen LogP contribution >= 0.6 is 24.4 Å². The first-order valence-electron chi connectivity index (χ1n) is 20.6. The fourth-order valence-corrected chi connectivity index (χ4v) is 8.56. The van der Waals surface area contributed by atoms with Crippen molar-refractivity contribution in [3.63, 3.8) is 0 Å². The zero-order chi connectivity index (χ0) is 43.9. The zero-order valence-electron chi connectivity index (χ0n) is 35.8. The summed E-state index contributed by atoms with van der Waals surface area (Å²) in [6.45, 7) is 14.9. The number of ether oxygens (including phenoxy) is 1. The number of hydrogen-bond acceptors (Lipinski definition) is 8. The van der Waals surface area contributed by atoms with Crippen LogP contribution in [0, 0.1) is 11.7 Å². The lowest BCUT2D eigenvalue weighted by Gasteiger charge is -2.29. The van der Waals surface area contributed by atoms with Crippen molar-refractivity contribution in [2.45, 2.75) is 80.4 Å². The summed E-state index contributed by atoms with van der Waals surface area (Å²) in [4.78, 5) is 1.90. The van der Waals surface area contributed by atoms with Gasteiger partial charge in [-0.25, -0.2) is 4.68 Å². The van der Waals surface area contributed by atoms with Crippen molar-refractivity contribution in [1.29, 1.82) is 0 Å². The van der Waals surface area contributed by atoms with Gasteiger partial charge in [0.25, 0.3) is 0 Å². The molecule has 0 saturated heterocycles. The molecule has 4 aromatic carbocycles. The second-order valence-electron chi connectivity index (χ2n) is 15.2. The number of anilines is 1. The van der Waals surface area contributed by atoms with Gasteiger partial charge in [0.05, 0.1) is 29.1 Å². The van der Waals surface area contributed by atoms with Gasteiger partial charge in [-0.3, -0.25) is 9.47 Å². The number of aromatic nitrogens is 5. The number of thiocarbonyl (C=S) groups is 1. The van der Waals surface area contributed by atoms with Crippen LogP contribution in [0.3, 0.4) is 0 Å². The van der Waals surface area contributed by atoms with E-state index < -0.39 is 0 Å². The molecule has 0 atom stereocenters. The molecule has 14 heteroatoms. The monoisotopic (exact) mass is 859 g/mol. The maximum atomic E-state index is 11.4. The predicted molar refractivity (Wildman–Crippen MR) is 251 cm³/mol. The summed E-state index contributed by atoms with van der Waals surface area (Å²) in [7, 11) is 1.77. The number of fused-ring (bicyclic) bond motifs is 2. The molecule has 0 saturated carbocycles. The van der Waals surface area contributed by atoms with Crippen molar-refractivity contribution >= 4 is 62.7 Å². The minimum absolute atomic E-state index is 0.0107. The lowest BCUT2D eigenvalue weighted by molar-refractivity contribution is 0.342. The number of benzene rings is 4. The Kier molecular flexibility index (Phi) is 12.2. The number of rotatable bonds is 13. The van der Waals surface area contributed by atoms with Gasteiger partial charge in [-0.2, -0.15) is 0 Å². The maximum absolute atomic E-state index is 11.4. The van der Waals surface area contributed by atoms with E-state index in [-0.39, 0.29) is 35.7 Å². The van der Waals surface area contributed by atoms with Gasteiger partial charge in [0, 0.05) is 64.7 Å². The van der Waals surface area contributed by atoms with Crippen LogP contribution in [0.4, 0.5) is 5.69 Å². The fourth-order valence-electron chi connectivity index (χ4n) is 8.07. The molecule has 0 fully saturated rings. The first-order valence-corrected chi connectivity index (χ1v) is 21.5. The average Bonchev–Trinajstić information content (AvgIpc) is 3.91. The van der Waals surface area contributed by atoms with Crippen molar-refractivity contribution in [2.75, 3.05) is 18.6 Å². The molecule has 0 aliphatic rings. The lowest BCUT2D eigenvalue weighted by atomic mass is 10.0. The van der Waals surface area contributed by atoms with Crippen LogP contribution < -0.4 is 15.0 Å². The number of allylic oxidation sites excluding steroid dienone is 1. The number of hydrogen-bond donors (Lipinski definition) is 5. The van der Waals surface area contributed by atoms with E-state index in [4.69, 9.17) is 34.3 Å². The largest absolute Gasteiger partial charge is 0.508 e. The molecule has 5 N–H and O–H groups in total. The number of aryl methyl sites for hydroxylation is 3. The molecule has 0 unspecified atom stereocenters.